The average Bonchev–Trinajstić information content (AvgIpc) is 2.27. The Kier molecular flexibility index (Phi) is 2.49. The summed E-state index contributed by atoms with van der Waals surface area (Å²) in [6.45, 7) is 0. The van der Waals surface area contributed by atoms with E-state index in [0.29, 0.717) is 11.2 Å². The van der Waals surface area contributed by atoms with Crippen molar-refractivity contribution in [3.63, 3.8) is 0 Å². The van der Waals surface area contributed by atoms with Gasteiger partial charge in [0.2, 0.25) is 0 Å². The number of nitrogens with one attached hydrogen (secondary N) is 1. The molecule has 0 atom stereocenters. The van der Waals surface area contributed by atoms with E-state index in [9.17, 15) is 4.79 Å². The van der Waals surface area contributed by atoms with E-state index >= 15 is 0 Å². The fourth-order valence-electron chi connectivity index (χ4n) is 0.789. The van der Waals surface area contributed by atoms with Crippen molar-refractivity contribution in [3.05, 3.63) is 28.9 Å². The minimum Gasteiger partial charge on any atom is -0.406 e. The fraction of sp³-hybridized carbons (Fsp3) is 0. The second kappa shape index (κ2) is 3.21. The van der Waals surface area contributed by atoms with Crippen molar-refractivity contribution < 1.29 is 4.42 Å². The molecule has 0 aliphatic carbocycles. The monoisotopic (exact) mass is 159 g/mol. The molecule has 11 heavy (non-hydrogen) atoms. The Labute approximate surface area is 83.9 Å². The summed E-state index contributed by atoms with van der Waals surface area (Å²) in [5.74, 6) is -0.464. The van der Waals surface area contributed by atoms with Crippen molar-refractivity contribution in [1.82, 2.24) is 9.97 Å². The van der Waals surface area contributed by atoms with Crippen LogP contribution in [0.3, 0.4) is 0 Å². The number of pyridine rings is 1. The first-order valence-electron chi connectivity index (χ1n) is 2.80. The summed E-state index contributed by atoms with van der Waals surface area (Å²) in [6, 6.07) is 3.39. The first kappa shape index (κ1) is 8.52. The van der Waals surface area contributed by atoms with Crippen LogP contribution in [0.1, 0.15) is 0 Å². The number of aromatic nitrogens is 2. The molecular weight excluding hydrogens is 155 g/mol. The molecule has 1 radical (unpaired) electrons. The van der Waals surface area contributed by atoms with Crippen LogP contribution in [0.25, 0.3) is 11.2 Å². The van der Waals surface area contributed by atoms with Gasteiger partial charge in [0, 0.05) is 35.8 Å². The van der Waals surface area contributed by atoms with E-state index in [1.165, 1.54) is 0 Å². The summed E-state index contributed by atoms with van der Waals surface area (Å²) in [5.41, 5.74) is 0.986. The van der Waals surface area contributed by atoms with Gasteiger partial charge in [-0.2, -0.15) is 0 Å². The number of nitrogens with zero attached hydrogens (tertiary/aromatic N) is 1. The van der Waals surface area contributed by atoms with Crippen LogP contribution in [-0.2, 0) is 0 Å². The maximum atomic E-state index is 10.5. The van der Waals surface area contributed by atoms with Crippen molar-refractivity contribution in [2.24, 2.45) is 0 Å². The predicted octanol–water partition coefficient (Wildman–Crippen LogP) is 0.135. The SMILES string of the molecule is O=c1[nH]c2ncccc2o1.[Na]. The smallest absolute Gasteiger partial charge is 0.406 e. The van der Waals surface area contributed by atoms with Gasteiger partial charge in [-0.15, -0.1) is 0 Å². The van der Waals surface area contributed by atoms with Crippen LogP contribution in [0.15, 0.2) is 27.5 Å². The van der Waals surface area contributed by atoms with Crippen molar-refractivity contribution in [1.29, 1.82) is 0 Å². The molecule has 2 rings (SSSR count). The van der Waals surface area contributed by atoms with Gasteiger partial charge in [-0.25, -0.2) is 9.78 Å². The molecule has 2 heterocycles. The van der Waals surface area contributed by atoms with Crippen LogP contribution in [-0.4, -0.2) is 39.5 Å². The molecule has 2 aromatic rings. The normalized spacial score (nSPS) is 9.45. The van der Waals surface area contributed by atoms with Gasteiger partial charge >= 0.3 is 5.76 Å². The van der Waals surface area contributed by atoms with Gasteiger partial charge in [-0.1, -0.05) is 0 Å². The third-order valence-electron chi connectivity index (χ3n) is 1.19. The molecule has 0 aliphatic heterocycles. The summed E-state index contributed by atoms with van der Waals surface area (Å²) in [4.78, 5) is 16.8. The first-order valence-corrected chi connectivity index (χ1v) is 2.80. The van der Waals surface area contributed by atoms with Crippen molar-refractivity contribution >= 4 is 40.8 Å². The molecule has 0 spiro atoms. The zero-order valence-corrected chi connectivity index (χ0v) is 8.00. The van der Waals surface area contributed by atoms with Crippen LogP contribution >= 0.6 is 0 Å². The third-order valence-corrected chi connectivity index (χ3v) is 1.19. The molecule has 0 amide bonds. The third kappa shape index (κ3) is 1.53. The van der Waals surface area contributed by atoms with Crippen LogP contribution in [0.2, 0.25) is 0 Å². The van der Waals surface area contributed by atoms with E-state index < -0.39 is 5.76 Å². The Morgan fingerprint density at radius 2 is 2.36 bits per heavy atom. The molecule has 0 aromatic carbocycles. The topological polar surface area (TPSA) is 58.9 Å². The number of hydrogen-bond acceptors (Lipinski definition) is 3. The number of aromatic amines is 1. The van der Waals surface area contributed by atoms with Crippen LogP contribution in [0.4, 0.5) is 0 Å². The van der Waals surface area contributed by atoms with Crippen molar-refractivity contribution in [2.45, 2.75) is 0 Å². The maximum Gasteiger partial charge on any atom is 0.418 e. The molecule has 2 aromatic heterocycles. The molecule has 0 saturated carbocycles. The fourth-order valence-corrected chi connectivity index (χ4v) is 0.789. The largest absolute Gasteiger partial charge is 0.418 e. The molecule has 5 heteroatoms. The average molecular weight is 159 g/mol. The molecule has 0 bridgehead atoms. The first-order chi connectivity index (χ1) is 4.86. The molecule has 51 valence electrons. The van der Waals surface area contributed by atoms with E-state index in [1.54, 1.807) is 18.3 Å². The maximum absolute atomic E-state index is 10.5. The molecule has 0 saturated heterocycles. The van der Waals surface area contributed by atoms with Crippen LogP contribution in [0, 0.1) is 0 Å². The second-order valence-corrected chi connectivity index (χ2v) is 1.86. The zero-order valence-electron chi connectivity index (χ0n) is 6.00. The van der Waals surface area contributed by atoms with E-state index in [0.717, 1.165) is 0 Å². The second-order valence-electron chi connectivity index (χ2n) is 1.86. The summed E-state index contributed by atoms with van der Waals surface area (Å²) in [6.07, 6.45) is 1.59. The molecule has 4 nitrogen and oxygen atoms in total. The van der Waals surface area contributed by atoms with Gasteiger partial charge in [0.1, 0.15) is 0 Å². The molecule has 0 unspecified atom stereocenters. The van der Waals surface area contributed by atoms with Crippen LogP contribution in [0.5, 0.6) is 0 Å². The van der Waals surface area contributed by atoms with Gasteiger partial charge in [0.15, 0.2) is 11.2 Å². The van der Waals surface area contributed by atoms with Gasteiger partial charge in [-0.05, 0) is 12.1 Å². The minimum atomic E-state index is -0.464. The quantitative estimate of drug-likeness (QED) is 0.556. The van der Waals surface area contributed by atoms with Gasteiger partial charge < -0.3 is 4.42 Å². The molecule has 1 N–H and O–H groups in total. The van der Waals surface area contributed by atoms with Gasteiger partial charge in [0.25, 0.3) is 0 Å². The predicted molar refractivity (Wildman–Crippen MR) is 40.4 cm³/mol. The Morgan fingerprint density at radius 3 is 3.09 bits per heavy atom. The summed E-state index contributed by atoms with van der Waals surface area (Å²) in [7, 11) is 0. The molecular formula is C6H4N2NaO2. The van der Waals surface area contributed by atoms with Gasteiger partial charge in [-0.3, -0.25) is 4.98 Å². The number of H-pyrrole nitrogens is 1. The Morgan fingerprint density at radius 1 is 1.55 bits per heavy atom. The zero-order chi connectivity index (χ0) is 6.97. The van der Waals surface area contributed by atoms with E-state index in [1.807, 2.05) is 0 Å². The number of fused-ring (bicyclic) bond motifs is 1. The van der Waals surface area contributed by atoms with Crippen molar-refractivity contribution in [3.8, 4) is 0 Å². The standard InChI is InChI=1S/C6H4N2O2.Na/c9-6-8-5-4(10-6)2-1-3-7-5;/h1-3H,(H,7,8,9);. The molecule has 0 fully saturated rings. The van der Waals surface area contributed by atoms with Gasteiger partial charge in [0.05, 0.1) is 0 Å². The Balaban J connectivity index is 0.000000605. The minimum absolute atomic E-state index is 0. The summed E-state index contributed by atoms with van der Waals surface area (Å²) in [5, 5.41) is 0. The number of oxazole rings is 1. The summed E-state index contributed by atoms with van der Waals surface area (Å²) < 4.78 is 4.69. The number of rotatable bonds is 0. The molecule has 0 aliphatic rings. The van der Waals surface area contributed by atoms with E-state index in [-0.39, 0.29) is 29.6 Å². The van der Waals surface area contributed by atoms with Crippen LogP contribution < -0.4 is 5.76 Å². The number of hydrogen-bond donors (Lipinski definition) is 1. The van der Waals surface area contributed by atoms with E-state index in [2.05, 4.69) is 9.97 Å². The van der Waals surface area contributed by atoms with Crippen molar-refractivity contribution in [2.75, 3.05) is 0 Å². The Bertz CT molecular complexity index is 370. The van der Waals surface area contributed by atoms with E-state index in [4.69, 9.17) is 4.42 Å². The Hall–Kier alpha value is -0.580. The summed E-state index contributed by atoms with van der Waals surface area (Å²) >= 11 is 0.